The van der Waals surface area contributed by atoms with E-state index in [2.05, 4.69) is 67.3 Å². The molecule has 3 aromatic rings. The fraction of sp³-hybridized carbons (Fsp3) is 0.167. The summed E-state index contributed by atoms with van der Waals surface area (Å²) < 4.78 is 0. The SMILES string of the molecule is CC(C)N(c1ccccc1)c1ccc2ccccc2n1. The highest BCUT2D eigenvalue weighted by atomic mass is 15.2. The van der Waals surface area contributed by atoms with Crippen LogP contribution in [0.2, 0.25) is 0 Å². The molecule has 1 heterocycles. The van der Waals surface area contributed by atoms with Crippen LogP contribution in [0.15, 0.2) is 66.7 Å². The Morgan fingerprint density at radius 3 is 2.25 bits per heavy atom. The van der Waals surface area contributed by atoms with E-state index in [1.807, 2.05) is 18.2 Å². The van der Waals surface area contributed by atoms with Gasteiger partial charge in [-0.15, -0.1) is 0 Å². The van der Waals surface area contributed by atoms with Gasteiger partial charge in [0.15, 0.2) is 0 Å². The number of hydrogen-bond donors (Lipinski definition) is 0. The van der Waals surface area contributed by atoms with Gasteiger partial charge in [-0.1, -0.05) is 36.4 Å². The third-order valence-electron chi connectivity index (χ3n) is 3.38. The Hall–Kier alpha value is -2.35. The summed E-state index contributed by atoms with van der Waals surface area (Å²) in [6, 6.07) is 23.2. The van der Waals surface area contributed by atoms with Crippen molar-refractivity contribution in [3.05, 3.63) is 66.7 Å². The fourth-order valence-corrected chi connectivity index (χ4v) is 2.47. The first-order valence-electron chi connectivity index (χ1n) is 6.96. The van der Waals surface area contributed by atoms with Crippen LogP contribution in [0.4, 0.5) is 11.5 Å². The maximum atomic E-state index is 4.80. The molecule has 3 rings (SSSR count). The van der Waals surface area contributed by atoms with Crippen LogP contribution in [0, 0.1) is 0 Å². The van der Waals surface area contributed by atoms with Crippen LogP contribution in [-0.4, -0.2) is 11.0 Å². The van der Waals surface area contributed by atoms with Crippen LogP contribution in [-0.2, 0) is 0 Å². The molecule has 0 aliphatic carbocycles. The van der Waals surface area contributed by atoms with Gasteiger partial charge in [0.25, 0.3) is 0 Å². The number of nitrogens with zero attached hydrogens (tertiary/aromatic N) is 2. The molecule has 20 heavy (non-hydrogen) atoms. The number of anilines is 2. The monoisotopic (exact) mass is 262 g/mol. The molecule has 2 nitrogen and oxygen atoms in total. The van der Waals surface area contributed by atoms with Crippen molar-refractivity contribution in [1.82, 2.24) is 4.98 Å². The summed E-state index contributed by atoms with van der Waals surface area (Å²) in [6.45, 7) is 4.37. The molecule has 2 heteroatoms. The molecular weight excluding hydrogens is 244 g/mol. The van der Waals surface area contributed by atoms with Crippen molar-refractivity contribution in [3.63, 3.8) is 0 Å². The minimum atomic E-state index is 0.353. The molecule has 0 amide bonds. The van der Waals surface area contributed by atoms with Crippen LogP contribution in [0.3, 0.4) is 0 Å². The highest BCUT2D eigenvalue weighted by Gasteiger charge is 2.14. The molecule has 0 spiro atoms. The van der Waals surface area contributed by atoms with Crippen LogP contribution >= 0.6 is 0 Å². The van der Waals surface area contributed by atoms with Gasteiger partial charge >= 0.3 is 0 Å². The first kappa shape index (κ1) is 12.7. The predicted molar refractivity (Wildman–Crippen MR) is 85.5 cm³/mol. The van der Waals surface area contributed by atoms with Crippen molar-refractivity contribution >= 4 is 22.4 Å². The molecule has 0 aliphatic rings. The van der Waals surface area contributed by atoms with Crippen LogP contribution in [0.25, 0.3) is 10.9 Å². The predicted octanol–water partition coefficient (Wildman–Crippen LogP) is 4.78. The van der Waals surface area contributed by atoms with E-state index in [9.17, 15) is 0 Å². The van der Waals surface area contributed by atoms with Gasteiger partial charge in [-0.05, 0) is 44.2 Å². The molecule has 0 saturated carbocycles. The maximum absolute atomic E-state index is 4.80. The Bertz CT molecular complexity index is 705. The Morgan fingerprint density at radius 2 is 1.50 bits per heavy atom. The molecule has 0 aliphatic heterocycles. The Morgan fingerprint density at radius 1 is 0.800 bits per heavy atom. The Balaban J connectivity index is 2.10. The molecule has 0 unspecified atom stereocenters. The van der Waals surface area contributed by atoms with Crippen molar-refractivity contribution in [2.45, 2.75) is 19.9 Å². The standard InChI is InChI=1S/C18H18N2/c1-14(2)20(16-9-4-3-5-10-16)18-13-12-15-8-6-7-11-17(15)19-18/h3-14H,1-2H3. The molecule has 100 valence electrons. The van der Waals surface area contributed by atoms with Crippen molar-refractivity contribution in [3.8, 4) is 0 Å². The summed E-state index contributed by atoms with van der Waals surface area (Å²) in [5.41, 5.74) is 2.21. The highest BCUT2D eigenvalue weighted by Crippen LogP contribution is 2.27. The van der Waals surface area contributed by atoms with Gasteiger partial charge in [0, 0.05) is 17.1 Å². The number of rotatable bonds is 3. The molecule has 0 radical (unpaired) electrons. The number of fused-ring (bicyclic) bond motifs is 1. The zero-order valence-electron chi connectivity index (χ0n) is 11.8. The Labute approximate surface area is 119 Å². The largest absolute Gasteiger partial charge is 0.324 e. The van der Waals surface area contributed by atoms with Gasteiger partial charge in [0.1, 0.15) is 5.82 Å². The topological polar surface area (TPSA) is 16.1 Å². The van der Waals surface area contributed by atoms with Crippen LogP contribution in [0.5, 0.6) is 0 Å². The van der Waals surface area contributed by atoms with Crippen molar-refractivity contribution in [2.75, 3.05) is 4.90 Å². The second kappa shape index (κ2) is 5.33. The summed E-state index contributed by atoms with van der Waals surface area (Å²) >= 11 is 0. The lowest BCUT2D eigenvalue weighted by molar-refractivity contribution is 0.779. The molecule has 0 saturated heterocycles. The van der Waals surface area contributed by atoms with Crippen molar-refractivity contribution in [1.29, 1.82) is 0 Å². The van der Waals surface area contributed by atoms with Crippen LogP contribution < -0.4 is 4.90 Å². The third kappa shape index (κ3) is 2.37. The van der Waals surface area contributed by atoms with E-state index in [1.54, 1.807) is 0 Å². The van der Waals surface area contributed by atoms with E-state index in [-0.39, 0.29) is 0 Å². The average Bonchev–Trinajstić information content (AvgIpc) is 2.48. The van der Waals surface area contributed by atoms with Gasteiger partial charge in [-0.3, -0.25) is 0 Å². The fourth-order valence-electron chi connectivity index (χ4n) is 2.47. The van der Waals surface area contributed by atoms with Gasteiger partial charge in [-0.25, -0.2) is 4.98 Å². The molecule has 1 aromatic heterocycles. The van der Waals surface area contributed by atoms with E-state index < -0.39 is 0 Å². The molecule has 2 aromatic carbocycles. The van der Waals surface area contributed by atoms with Gasteiger partial charge in [-0.2, -0.15) is 0 Å². The van der Waals surface area contributed by atoms with E-state index in [1.165, 1.54) is 11.1 Å². The first-order valence-corrected chi connectivity index (χ1v) is 6.96. The van der Waals surface area contributed by atoms with E-state index in [0.717, 1.165) is 11.3 Å². The maximum Gasteiger partial charge on any atom is 0.133 e. The van der Waals surface area contributed by atoms with Gasteiger partial charge in [0.05, 0.1) is 5.52 Å². The number of para-hydroxylation sites is 2. The van der Waals surface area contributed by atoms with E-state index in [4.69, 9.17) is 4.98 Å². The molecule has 0 atom stereocenters. The first-order chi connectivity index (χ1) is 9.75. The summed E-state index contributed by atoms with van der Waals surface area (Å²) in [6.07, 6.45) is 0. The minimum Gasteiger partial charge on any atom is -0.324 e. The smallest absolute Gasteiger partial charge is 0.133 e. The second-order valence-corrected chi connectivity index (χ2v) is 5.16. The van der Waals surface area contributed by atoms with Gasteiger partial charge in [0.2, 0.25) is 0 Å². The van der Waals surface area contributed by atoms with E-state index in [0.29, 0.717) is 6.04 Å². The molecule has 0 N–H and O–H groups in total. The average molecular weight is 262 g/mol. The zero-order valence-corrected chi connectivity index (χ0v) is 11.8. The lowest BCUT2D eigenvalue weighted by Crippen LogP contribution is -2.26. The quantitative estimate of drug-likeness (QED) is 0.675. The number of pyridine rings is 1. The summed E-state index contributed by atoms with van der Waals surface area (Å²) in [5, 5.41) is 1.17. The zero-order chi connectivity index (χ0) is 13.9. The second-order valence-electron chi connectivity index (χ2n) is 5.16. The summed E-state index contributed by atoms with van der Waals surface area (Å²) in [5.74, 6) is 0.991. The Kier molecular flexibility index (Phi) is 3.38. The normalized spacial score (nSPS) is 10.9. The lowest BCUT2D eigenvalue weighted by Gasteiger charge is -2.28. The molecular formula is C18H18N2. The van der Waals surface area contributed by atoms with Crippen molar-refractivity contribution in [2.24, 2.45) is 0 Å². The summed E-state index contributed by atoms with van der Waals surface area (Å²) in [4.78, 5) is 7.06. The van der Waals surface area contributed by atoms with Gasteiger partial charge < -0.3 is 4.90 Å². The van der Waals surface area contributed by atoms with Crippen molar-refractivity contribution < 1.29 is 0 Å². The third-order valence-corrected chi connectivity index (χ3v) is 3.38. The summed E-state index contributed by atoms with van der Waals surface area (Å²) in [7, 11) is 0. The van der Waals surface area contributed by atoms with E-state index >= 15 is 0 Å². The lowest BCUT2D eigenvalue weighted by atomic mass is 10.2. The number of benzene rings is 2. The number of hydrogen-bond acceptors (Lipinski definition) is 2. The molecule has 0 bridgehead atoms. The minimum absolute atomic E-state index is 0.353. The molecule has 0 fully saturated rings. The highest BCUT2D eigenvalue weighted by molar-refractivity contribution is 5.81. The van der Waals surface area contributed by atoms with Crippen LogP contribution in [0.1, 0.15) is 13.8 Å². The number of aromatic nitrogens is 1.